The van der Waals surface area contributed by atoms with Gasteiger partial charge in [-0.2, -0.15) is 18.3 Å². The molecule has 0 saturated carbocycles. The fraction of sp³-hybridized carbons (Fsp3) is 0.282. The number of rotatable bonds is 11. The fourth-order valence-electron chi connectivity index (χ4n) is 6.29. The smallest absolute Gasteiger partial charge is 0.416 e. The third-order valence-electron chi connectivity index (χ3n) is 9.25. The van der Waals surface area contributed by atoms with Crippen molar-refractivity contribution >= 4 is 28.1 Å². The first-order chi connectivity index (χ1) is 25.6. The highest BCUT2D eigenvalue weighted by Gasteiger charge is 2.30. The molecule has 274 valence electrons. The zero-order valence-corrected chi connectivity index (χ0v) is 29.0. The van der Waals surface area contributed by atoms with Gasteiger partial charge in [0.2, 0.25) is 0 Å². The number of aromatic nitrogens is 4. The number of hydrogen-bond donors (Lipinski definition) is 1. The van der Waals surface area contributed by atoms with Crippen LogP contribution in [0.1, 0.15) is 42.2 Å². The fourth-order valence-corrected chi connectivity index (χ4v) is 6.29. The van der Waals surface area contributed by atoms with Gasteiger partial charge in [-0.15, -0.1) is 0 Å². The Labute approximate surface area is 302 Å². The molecule has 1 fully saturated rings. The Morgan fingerprint density at radius 3 is 2.45 bits per heavy atom. The number of ether oxygens (including phenoxy) is 3. The molecule has 0 unspecified atom stereocenters. The van der Waals surface area contributed by atoms with Crippen LogP contribution in [-0.2, 0) is 6.18 Å². The zero-order valence-electron chi connectivity index (χ0n) is 29.0. The standard InChI is InChI=1S/C39H36F4N6O4/c1-24-12-17-48(18-13-24)16-3-19-52-36-23-30-28(21-35(36)51-2)33(10-14-44-30)53-34-9-8-27(20-29(34)40)46-38(50)31-22-32(49-37(47-31)11-15-45-49)25-4-6-26(7-5-25)39(41,42)43/h4-11,14-15,20-24H,3,12-13,16-19H2,1-2H3,(H,46,50). The zero-order chi connectivity index (χ0) is 37.1. The van der Waals surface area contributed by atoms with E-state index in [1.54, 1.807) is 37.6 Å². The summed E-state index contributed by atoms with van der Waals surface area (Å²) < 4.78 is 74.0. The third-order valence-corrected chi connectivity index (χ3v) is 9.25. The SMILES string of the molecule is COc1cc2c(Oc3ccc(NC(=O)c4cc(-c5ccc(C(F)(F)F)cc5)n5nccc5n4)cc3F)ccnc2cc1OCCCN1CCC(C)CC1. The van der Waals surface area contributed by atoms with E-state index in [1.807, 2.05) is 0 Å². The van der Waals surface area contributed by atoms with Crippen molar-refractivity contribution in [3.8, 4) is 34.3 Å². The van der Waals surface area contributed by atoms with Crippen molar-refractivity contribution in [2.75, 3.05) is 38.7 Å². The largest absolute Gasteiger partial charge is 0.493 e. The maximum atomic E-state index is 15.4. The number of likely N-dealkylation sites (tertiary alicyclic amines) is 1. The predicted molar refractivity (Wildman–Crippen MR) is 191 cm³/mol. The van der Waals surface area contributed by atoms with Crippen LogP contribution in [0.2, 0.25) is 0 Å². The molecule has 0 radical (unpaired) electrons. The van der Waals surface area contributed by atoms with E-state index in [0.717, 1.165) is 50.2 Å². The van der Waals surface area contributed by atoms with Crippen LogP contribution in [0.4, 0.5) is 23.2 Å². The van der Waals surface area contributed by atoms with Gasteiger partial charge in [-0.05, 0) is 80.7 Å². The summed E-state index contributed by atoms with van der Waals surface area (Å²) in [6.07, 6.45) is 1.84. The average Bonchev–Trinajstić information content (AvgIpc) is 3.63. The van der Waals surface area contributed by atoms with Crippen LogP contribution in [-0.4, -0.2) is 63.7 Å². The summed E-state index contributed by atoms with van der Waals surface area (Å²) in [4.78, 5) is 24.6. The minimum atomic E-state index is -4.50. The Kier molecular flexibility index (Phi) is 10.1. The van der Waals surface area contributed by atoms with Crippen LogP contribution in [0.15, 0.2) is 85.2 Å². The summed E-state index contributed by atoms with van der Waals surface area (Å²) in [7, 11) is 1.55. The van der Waals surface area contributed by atoms with Crippen molar-refractivity contribution in [2.45, 2.75) is 32.4 Å². The average molecular weight is 729 g/mol. The molecule has 1 amide bonds. The summed E-state index contributed by atoms with van der Waals surface area (Å²) in [5.74, 6) is 0.663. The lowest BCUT2D eigenvalue weighted by atomic mass is 9.99. The molecule has 0 atom stereocenters. The van der Waals surface area contributed by atoms with Gasteiger partial charge in [0.15, 0.2) is 28.7 Å². The van der Waals surface area contributed by atoms with Crippen LogP contribution < -0.4 is 19.5 Å². The van der Waals surface area contributed by atoms with Crippen LogP contribution in [0.25, 0.3) is 27.8 Å². The van der Waals surface area contributed by atoms with Crippen LogP contribution >= 0.6 is 0 Å². The summed E-state index contributed by atoms with van der Waals surface area (Å²) in [6.45, 7) is 6.02. The highest BCUT2D eigenvalue weighted by atomic mass is 19.4. The molecule has 1 aliphatic rings. The van der Waals surface area contributed by atoms with E-state index in [-0.39, 0.29) is 17.1 Å². The Morgan fingerprint density at radius 1 is 0.925 bits per heavy atom. The topological polar surface area (TPSA) is 103 Å². The van der Waals surface area contributed by atoms with Gasteiger partial charge in [-0.3, -0.25) is 9.78 Å². The highest BCUT2D eigenvalue weighted by molar-refractivity contribution is 6.03. The molecule has 1 saturated heterocycles. The van der Waals surface area contributed by atoms with Crippen molar-refractivity contribution in [2.24, 2.45) is 5.92 Å². The van der Waals surface area contributed by atoms with E-state index in [4.69, 9.17) is 14.2 Å². The number of carbonyl (C=O) groups is 1. The van der Waals surface area contributed by atoms with E-state index in [1.165, 1.54) is 53.9 Å². The number of nitrogens with one attached hydrogen (secondary N) is 1. The Hall–Kier alpha value is -5.76. The first kappa shape index (κ1) is 35.6. The molecule has 1 aliphatic heterocycles. The van der Waals surface area contributed by atoms with Gasteiger partial charge in [0, 0.05) is 47.6 Å². The van der Waals surface area contributed by atoms with Gasteiger partial charge in [0.05, 0.1) is 36.7 Å². The number of nitrogens with zero attached hydrogens (tertiary/aromatic N) is 5. The van der Waals surface area contributed by atoms with E-state index in [0.29, 0.717) is 51.7 Å². The molecule has 0 spiro atoms. The number of alkyl halides is 3. The number of methoxy groups -OCH3 is 1. The van der Waals surface area contributed by atoms with E-state index in [2.05, 4.69) is 32.2 Å². The minimum absolute atomic E-state index is 0.0501. The van der Waals surface area contributed by atoms with Crippen LogP contribution in [0.3, 0.4) is 0 Å². The molecule has 53 heavy (non-hydrogen) atoms. The summed E-state index contributed by atoms with van der Waals surface area (Å²) in [6, 6.07) is 16.6. The number of hydrogen-bond acceptors (Lipinski definition) is 8. The molecule has 10 nitrogen and oxygen atoms in total. The monoisotopic (exact) mass is 728 g/mol. The molecule has 4 heterocycles. The number of piperidine rings is 1. The van der Waals surface area contributed by atoms with Gasteiger partial charge < -0.3 is 24.4 Å². The second-order valence-corrected chi connectivity index (χ2v) is 13.0. The van der Waals surface area contributed by atoms with Gasteiger partial charge in [0.1, 0.15) is 11.4 Å². The normalized spacial score (nSPS) is 14.1. The first-order valence-electron chi connectivity index (χ1n) is 17.2. The molecular formula is C39H36F4N6O4. The molecular weight excluding hydrogens is 692 g/mol. The lowest BCUT2D eigenvalue weighted by Crippen LogP contribution is -2.34. The summed E-state index contributed by atoms with van der Waals surface area (Å²) >= 11 is 0. The number of anilines is 1. The molecule has 7 rings (SSSR count). The second-order valence-electron chi connectivity index (χ2n) is 13.0. The number of amides is 1. The Morgan fingerprint density at radius 2 is 1.72 bits per heavy atom. The molecule has 0 bridgehead atoms. The van der Waals surface area contributed by atoms with Crippen LogP contribution in [0.5, 0.6) is 23.0 Å². The van der Waals surface area contributed by atoms with Gasteiger partial charge >= 0.3 is 6.18 Å². The lowest BCUT2D eigenvalue weighted by molar-refractivity contribution is -0.137. The highest BCUT2D eigenvalue weighted by Crippen LogP contribution is 2.38. The Balaban J connectivity index is 1.04. The van der Waals surface area contributed by atoms with Crippen molar-refractivity contribution in [1.82, 2.24) is 24.5 Å². The number of halogens is 4. The molecule has 6 aromatic rings. The number of carbonyl (C=O) groups excluding carboxylic acids is 1. The number of fused-ring (bicyclic) bond motifs is 2. The summed E-state index contributed by atoms with van der Waals surface area (Å²) in [5.41, 5.74) is 0.875. The van der Waals surface area contributed by atoms with E-state index in [9.17, 15) is 18.0 Å². The number of benzene rings is 3. The second kappa shape index (κ2) is 15.1. The number of pyridine rings is 1. The molecule has 14 heteroatoms. The first-order valence-corrected chi connectivity index (χ1v) is 17.2. The van der Waals surface area contributed by atoms with Crippen molar-refractivity contribution in [3.05, 3.63) is 102 Å². The molecule has 3 aromatic carbocycles. The van der Waals surface area contributed by atoms with E-state index >= 15 is 4.39 Å². The van der Waals surface area contributed by atoms with Gasteiger partial charge in [-0.1, -0.05) is 19.1 Å². The van der Waals surface area contributed by atoms with Gasteiger partial charge in [-0.25, -0.2) is 13.9 Å². The van der Waals surface area contributed by atoms with Crippen molar-refractivity contribution < 1.29 is 36.6 Å². The third kappa shape index (κ3) is 8.02. The maximum absolute atomic E-state index is 15.4. The van der Waals surface area contributed by atoms with E-state index < -0.39 is 23.5 Å². The molecule has 1 N–H and O–H groups in total. The van der Waals surface area contributed by atoms with Crippen LogP contribution in [0, 0.1) is 11.7 Å². The summed E-state index contributed by atoms with van der Waals surface area (Å²) in [5, 5.41) is 7.40. The Bertz CT molecular complexity index is 2250. The maximum Gasteiger partial charge on any atom is 0.416 e. The quantitative estimate of drug-likeness (QED) is 0.105. The van der Waals surface area contributed by atoms with Crippen molar-refractivity contribution in [3.63, 3.8) is 0 Å². The minimum Gasteiger partial charge on any atom is -0.493 e. The molecule has 3 aromatic heterocycles. The van der Waals surface area contributed by atoms with Crippen molar-refractivity contribution in [1.29, 1.82) is 0 Å². The predicted octanol–water partition coefficient (Wildman–Crippen LogP) is 8.66. The van der Waals surface area contributed by atoms with Gasteiger partial charge in [0.25, 0.3) is 5.91 Å². The lowest BCUT2D eigenvalue weighted by Gasteiger charge is -2.30. The molecule has 0 aliphatic carbocycles.